The van der Waals surface area contributed by atoms with Crippen LogP contribution in [0.15, 0.2) is 59.6 Å². The zero-order valence-corrected chi connectivity index (χ0v) is 15.3. The van der Waals surface area contributed by atoms with Crippen molar-refractivity contribution in [1.29, 1.82) is 0 Å². The average molecular weight is 360 g/mol. The number of aliphatic hydroxyl groups is 1. The van der Waals surface area contributed by atoms with Crippen LogP contribution in [0, 0.1) is 0 Å². The van der Waals surface area contributed by atoms with Gasteiger partial charge in [0.1, 0.15) is 0 Å². The molecule has 0 bridgehead atoms. The molecule has 0 aliphatic rings. The second kappa shape index (κ2) is 10.7. The minimum atomic E-state index is 0.000207. The monoisotopic (exact) mass is 359 g/mol. The molecule has 0 saturated heterocycles. The molecule has 1 atom stereocenters. The Morgan fingerprint density at radius 2 is 1.80 bits per heavy atom. The highest BCUT2D eigenvalue weighted by molar-refractivity contribution is 6.31. The third-order valence-corrected chi connectivity index (χ3v) is 4.32. The van der Waals surface area contributed by atoms with Crippen LogP contribution in [0.2, 0.25) is 5.02 Å². The molecule has 0 spiro atoms. The number of guanidine groups is 1. The van der Waals surface area contributed by atoms with Crippen LogP contribution in [-0.2, 0) is 6.42 Å². The van der Waals surface area contributed by atoms with E-state index in [0.29, 0.717) is 6.54 Å². The number of benzene rings is 2. The summed E-state index contributed by atoms with van der Waals surface area (Å²) in [6.45, 7) is 4.16. The van der Waals surface area contributed by atoms with Crippen molar-refractivity contribution in [1.82, 2.24) is 10.6 Å². The third-order valence-electron chi connectivity index (χ3n) is 3.95. The van der Waals surface area contributed by atoms with Crippen molar-refractivity contribution in [2.24, 2.45) is 4.99 Å². The van der Waals surface area contributed by atoms with Gasteiger partial charge in [-0.15, -0.1) is 0 Å². The Kier molecular flexibility index (Phi) is 8.29. The van der Waals surface area contributed by atoms with Crippen molar-refractivity contribution < 1.29 is 5.11 Å². The molecular weight excluding hydrogens is 334 g/mol. The molecule has 0 amide bonds. The molecule has 0 fully saturated rings. The highest BCUT2D eigenvalue weighted by atomic mass is 35.5. The van der Waals surface area contributed by atoms with Crippen LogP contribution in [0.3, 0.4) is 0 Å². The Morgan fingerprint density at radius 1 is 1.08 bits per heavy atom. The number of aliphatic hydroxyl groups excluding tert-OH is 1. The highest BCUT2D eigenvalue weighted by Crippen LogP contribution is 2.16. The number of halogens is 1. The summed E-state index contributed by atoms with van der Waals surface area (Å²) in [6.07, 6.45) is 0.826. The molecule has 2 aromatic rings. The number of nitrogens with one attached hydrogen (secondary N) is 2. The normalized spacial score (nSPS) is 12.7. The molecule has 1 unspecified atom stereocenters. The lowest BCUT2D eigenvalue weighted by molar-refractivity contribution is 0.268. The topological polar surface area (TPSA) is 56.7 Å². The molecule has 0 aliphatic carbocycles. The lowest BCUT2D eigenvalue weighted by atomic mass is 10.0. The maximum absolute atomic E-state index is 9.65. The van der Waals surface area contributed by atoms with E-state index in [9.17, 15) is 5.11 Å². The summed E-state index contributed by atoms with van der Waals surface area (Å²) in [5, 5.41) is 17.0. The lowest BCUT2D eigenvalue weighted by Gasteiger charge is -2.15. The van der Waals surface area contributed by atoms with Crippen molar-refractivity contribution in [2.75, 3.05) is 26.2 Å². The Labute approximate surface area is 155 Å². The first-order valence-corrected chi connectivity index (χ1v) is 9.03. The first kappa shape index (κ1) is 19.3. The summed E-state index contributed by atoms with van der Waals surface area (Å²) >= 11 is 6.19. The summed E-state index contributed by atoms with van der Waals surface area (Å²) in [7, 11) is 0. The van der Waals surface area contributed by atoms with Gasteiger partial charge < -0.3 is 15.7 Å². The van der Waals surface area contributed by atoms with E-state index in [4.69, 9.17) is 11.6 Å². The summed E-state index contributed by atoms with van der Waals surface area (Å²) < 4.78 is 0. The SMILES string of the molecule is CCNC(=NCC(CO)c1ccccc1)NCCc1ccccc1Cl. The Balaban J connectivity index is 1.92. The fourth-order valence-corrected chi connectivity index (χ4v) is 2.78. The molecule has 0 aliphatic heterocycles. The van der Waals surface area contributed by atoms with E-state index < -0.39 is 0 Å². The van der Waals surface area contributed by atoms with E-state index >= 15 is 0 Å². The first-order chi connectivity index (χ1) is 12.2. The molecule has 2 rings (SSSR count). The zero-order valence-electron chi connectivity index (χ0n) is 14.6. The smallest absolute Gasteiger partial charge is 0.191 e. The van der Waals surface area contributed by atoms with Crippen LogP contribution in [0.5, 0.6) is 0 Å². The quantitative estimate of drug-likeness (QED) is 0.501. The van der Waals surface area contributed by atoms with Crippen LogP contribution < -0.4 is 10.6 Å². The second-order valence-corrected chi connectivity index (χ2v) is 6.19. The van der Waals surface area contributed by atoms with Gasteiger partial charge in [0, 0.05) is 24.0 Å². The summed E-state index contributed by atoms with van der Waals surface area (Å²) in [5.41, 5.74) is 2.21. The fraction of sp³-hybridized carbons (Fsp3) is 0.350. The molecule has 2 aromatic carbocycles. The molecule has 0 radical (unpaired) electrons. The average Bonchev–Trinajstić information content (AvgIpc) is 2.64. The van der Waals surface area contributed by atoms with E-state index in [1.807, 2.05) is 61.5 Å². The van der Waals surface area contributed by atoms with Gasteiger partial charge in [-0.1, -0.05) is 60.1 Å². The van der Waals surface area contributed by atoms with Crippen LogP contribution >= 0.6 is 11.6 Å². The van der Waals surface area contributed by atoms with Gasteiger partial charge in [0.05, 0.1) is 13.2 Å². The van der Waals surface area contributed by atoms with Crippen LogP contribution in [-0.4, -0.2) is 37.3 Å². The largest absolute Gasteiger partial charge is 0.396 e. The van der Waals surface area contributed by atoms with Gasteiger partial charge in [0.25, 0.3) is 0 Å². The number of nitrogens with zero attached hydrogens (tertiary/aromatic N) is 1. The summed E-state index contributed by atoms with van der Waals surface area (Å²) in [4.78, 5) is 4.62. The second-order valence-electron chi connectivity index (χ2n) is 5.78. The maximum atomic E-state index is 9.65. The predicted octanol–water partition coefficient (Wildman–Crippen LogP) is 3.21. The number of hydrogen-bond donors (Lipinski definition) is 3. The van der Waals surface area contributed by atoms with E-state index in [1.54, 1.807) is 0 Å². The van der Waals surface area contributed by atoms with Gasteiger partial charge in [-0.3, -0.25) is 4.99 Å². The Hall–Kier alpha value is -2.04. The van der Waals surface area contributed by atoms with Crippen LogP contribution in [0.4, 0.5) is 0 Å². The molecule has 0 saturated carbocycles. The standard InChI is InChI=1S/C20H26ClN3O/c1-2-22-20(23-13-12-17-10-6-7-11-19(17)21)24-14-18(15-25)16-8-4-3-5-9-16/h3-11,18,25H,2,12-15H2,1H3,(H2,22,23,24). The van der Waals surface area contributed by atoms with E-state index in [1.165, 1.54) is 0 Å². The van der Waals surface area contributed by atoms with Gasteiger partial charge >= 0.3 is 0 Å². The third kappa shape index (κ3) is 6.40. The van der Waals surface area contributed by atoms with Crippen LogP contribution in [0.1, 0.15) is 24.0 Å². The molecule has 134 valence electrons. The highest BCUT2D eigenvalue weighted by Gasteiger charge is 2.10. The van der Waals surface area contributed by atoms with Crippen molar-refractivity contribution in [3.05, 3.63) is 70.7 Å². The molecule has 0 aromatic heterocycles. The molecular formula is C20H26ClN3O. The van der Waals surface area contributed by atoms with Crippen molar-refractivity contribution >= 4 is 17.6 Å². The fourth-order valence-electron chi connectivity index (χ4n) is 2.55. The lowest BCUT2D eigenvalue weighted by Crippen LogP contribution is -2.38. The number of hydrogen-bond acceptors (Lipinski definition) is 2. The molecule has 0 heterocycles. The van der Waals surface area contributed by atoms with Crippen molar-refractivity contribution in [3.63, 3.8) is 0 Å². The van der Waals surface area contributed by atoms with E-state index in [2.05, 4.69) is 15.6 Å². The van der Waals surface area contributed by atoms with Crippen molar-refractivity contribution in [3.8, 4) is 0 Å². The number of rotatable bonds is 8. The van der Waals surface area contributed by atoms with Gasteiger partial charge in [0.2, 0.25) is 0 Å². The molecule has 3 N–H and O–H groups in total. The van der Waals surface area contributed by atoms with Gasteiger partial charge in [-0.05, 0) is 30.5 Å². The summed E-state index contributed by atoms with van der Waals surface area (Å²) in [6, 6.07) is 17.8. The van der Waals surface area contributed by atoms with Gasteiger partial charge in [0.15, 0.2) is 5.96 Å². The minimum absolute atomic E-state index is 0.000207. The molecule has 4 nitrogen and oxygen atoms in total. The minimum Gasteiger partial charge on any atom is -0.396 e. The van der Waals surface area contributed by atoms with Gasteiger partial charge in [-0.2, -0.15) is 0 Å². The van der Waals surface area contributed by atoms with E-state index in [0.717, 1.165) is 41.6 Å². The zero-order chi connectivity index (χ0) is 17.9. The first-order valence-electron chi connectivity index (χ1n) is 8.66. The number of aliphatic imine (C=N–C) groups is 1. The van der Waals surface area contributed by atoms with E-state index in [-0.39, 0.29) is 12.5 Å². The molecule has 25 heavy (non-hydrogen) atoms. The Bertz CT molecular complexity index is 661. The predicted molar refractivity (Wildman–Crippen MR) is 105 cm³/mol. The molecule has 5 heteroatoms. The van der Waals surface area contributed by atoms with Crippen molar-refractivity contribution in [2.45, 2.75) is 19.3 Å². The Morgan fingerprint density at radius 3 is 2.48 bits per heavy atom. The summed E-state index contributed by atoms with van der Waals surface area (Å²) in [5.74, 6) is 0.754. The maximum Gasteiger partial charge on any atom is 0.191 e. The van der Waals surface area contributed by atoms with Crippen LogP contribution in [0.25, 0.3) is 0 Å². The van der Waals surface area contributed by atoms with Gasteiger partial charge in [-0.25, -0.2) is 0 Å².